The summed E-state index contributed by atoms with van der Waals surface area (Å²) in [5.74, 6) is 0.971. The van der Waals surface area contributed by atoms with E-state index in [1.165, 1.54) is 24.6 Å². The molecule has 0 unspecified atom stereocenters. The van der Waals surface area contributed by atoms with Gasteiger partial charge in [-0.3, -0.25) is 4.98 Å². The molecule has 80 valence electrons. The Morgan fingerprint density at radius 1 is 1.12 bits per heavy atom. The number of aromatic nitrogens is 1. The van der Waals surface area contributed by atoms with Crippen molar-refractivity contribution < 1.29 is 5.11 Å². The van der Waals surface area contributed by atoms with E-state index in [0.29, 0.717) is 0 Å². The van der Waals surface area contributed by atoms with Crippen molar-refractivity contribution in [2.24, 2.45) is 0 Å². The van der Waals surface area contributed by atoms with Crippen LogP contribution in [0.5, 0.6) is 5.75 Å². The molecule has 3 rings (SSSR count). The molecular weight excluding hydrogens is 198 g/mol. The Kier molecular flexibility index (Phi) is 2.13. The highest BCUT2D eigenvalue weighted by Gasteiger charge is 2.23. The number of hydrogen-bond donors (Lipinski definition) is 1. The summed E-state index contributed by atoms with van der Waals surface area (Å²) in [4.78, 5) is 4.22. The highest BCUT2D eigenvalue weighted by molar-refractivity contribution is 5.60. The van der Waals surface area contributed by atoms with Gasteiger partial charge in [0.2, 0.25) is 0 Å². The second kappa shape index (κ2) is 3.63. The summed E-state index contributed by atoms with van der Waals surface area (Å²) in [6, 6.07) is 12.1. The molecule has 0 spiro atoms. The zero-order chi connectivity index (χ0) is 11.0. The van der Waals surface area contributed by atoms with Gasteiger partial charge in [0, 0.05) is 5.56 Å². The van der Waals surface area contributed by atoms with Crippen LogP contribution >= 0.6 is 0 Å². The quantitative estimate of drug-likeness (QED) is 0.826. The predicted octanol–water partition coefficient (Wildman–Crippen LogP) is 3.33. The van der Waals surface area contributed by atoms with Gasteiger partial charge in [0.05, 0.1) is 11.9 Å². The lowest BCUT2D eigenvalue weighted by molar-refractivity contribution is 0.473. The molecule has 0 radical (unpaired) electrons. The van der Waals surface area contributed by atoms with Gasteiger partial charge in [-0.1, -0.05) is 18.2 Å². The zero-order valence-electron chi connectivity index (χ0n) is 8.93. The van der Waals surface area contributed by atoms with Crippen LogP contribution in [0.25, 0.3) is 11.3 Å². The van der Waals surface area contributed by atoms with E-state index in [9.17, 15) is 5.11 Å². The van der Waals surface area contributed by atoms with Crippen LogP contribution in [0.15, 0.2) is 42.6 Å². The maximum absolute atomic E-state index is 9.19. The number of pyridine rings is 1. The van der Waals surface area contributed by atoms with Gasteiger partial charge in [0.25, 0.3) is 0 Å². The number of benzene rings is 1. The Balaban J connectivity index is 1.98. The topological polar surface area (TPSA) is 33.1 Å². The molecule has 0 bridgehead atoms. The highest BCUT2D eigenvalue weighted by atomic mass is 16.3. The van der Waals surface area contributed by atoms with Gasteiger partial charge in [0.15, 0.2) is 0 Å². The van der Waals surface area contributed by atoms with Crippen LogP contribution in [-0.2, 0) is 0 Å². The normalized spacial score (nSPS) is 15.0. The number of nitrogens with zero attached hydrogens (tertiary/aromatic N) is 1. The van der Waals surface area contributed by atoms with Gasteiger partial charge >= 0.3 is 0 Å². The molecule has 16 heavy (non-hydrogen) atoms. The first-order chi connectivity index (χ1) is 7.83. The Bertz CT molecular complexity index is 500. The van der Waals surface area contributed by atoms with Crippen LogP contribution < -0.4 is 0 Å². The average Bonchev–Trinajstić information content (AvgIpc) is 3.14. The van der Waals surface area contributed by atoms with Crippen molar-refractivity contribution in [3.8, 4) is 17.0 Å². The molecule has 1 aliphatic rings. The summed E-state index contributed by atoms with van der Waals surface area (Å²) in [6.07, 6.45) is 4.11. The first-order valence-corrected chi connectivity index (χ1v) is 5.58. The lowest BCUT2D eigenvalue weighted by Gasteiger charge is -2.03. The Morgan fingerprint density at radius 3 is 2.69 bits per heavy atom. The van der Waals surface area contributed by atoms with Crippen molar-refractivity contribution in [3.63, 3.8) is 0 Å². The Morgan fingerprint density at radius 2 is 2.00 bits per heavy atom. The third kappa shape index (κ3) is 1.78. The fourth-order valence-electron chi connectivity index (χ4n) is 1.93. The number of aromatic hydroxyl groups is 1. The summed E-state index contributed by atoms with van der Waals surface area (Å²) < 4.78 is 0. The van der Waals surface area contributed by atoms with Crippen LogP contribution in [-0.4, -0.2) is 10.1 Å². The van der Waals surface area contributed by atoms with Crippen molar-refractivity contribution in [2.75, 3.05) is 0 Å². The van der Waals surface area contributed by atoms with Gasteiger partial charge in [-0.15, -0.1) is 0 Å². The molecule has 1 heterocycles. The maximum atomic E-state index is 9.19. The summed E-state index contributed by atoms with van der Waals surface area (Å²) in [5, 5.41) is 9.19. The summed E-state index contributed by atoms with van der Waals surface area (Å²) >= 11 is 0. The van der Waals surface area contributed by atoms with Crippen LogP contribution in [0.2, 0.25) is 0 Å². The molecule has 2 nitrogen and oxygen atoms in total. The maximum Gasteiger partial charge on any atom is 0.133 e. The van der Waals surface area contributed by atoms with E-state index in [-0.39, 0.29) is 5.75 Å². The summed E-state index contributed by atoms with van der Waals surface area (Å²) in [6.45, 7) is 0. The molecule has 1 saturated carbocycles. The van der Waals surface area contributed by atoms with E-state index < -0.39 is 0 Å². The highest BCUT2D eigenvalue weighted by Crippen LogP contribution is 2.40. The molecule has 2 aromatic rings. The minimum Gasteiger partial charge on any atom is -0.506 e. The first kappa shape index (κ1) is 9.40. The number of hydrogen-bond acceptors (Lipinski definition) is 2. The van der Waals surface area contributed by atoms with Crippen LogP contribution in [0.3, 0.4) is 0 Å². The average molecular weight is 211 g/mol. The fourth-order valence-corrected chi connectivity index (χ4v) is 1.93. The Hall–Kier alpha value is -1.83. The minimum absolute atomic E-state index is 0.210. The molecule has 0 aliphatic heterocycles. The predicted molar refractivity (Wildman–Crippen MR) is 63.3 cm³/mol. The van der Waals surface area contributed by atoms with Gasteiger partial charge in [-0.25, -0.2) is 0 Å². The van der Waals surface area contributed by atoms with E-state index in [1.54, 1.807) is 6.07 Å². The summed E-state index contributed by atoms with van der Waals surface area (Å²) in [5.41, 5.74) is 3.46. The molecule has 1 fully saturated rings. The molecule has 1 N–H and O–H groups in total. The zero-order valence-corrected chi connectivity index (χ0v) is 8.93. The molecule has 1 aromatic carbocycles. The van der Waals surface area contributed by atoms with Gasteiger partial charge in [-0.2, -0.15) is 0 Å². The standard InChI is InChI=1S/C14H13NO/c16-13-6-7-14(15-9-13)12-3-1-2-11(8-12)10-4-5-10/h1-3,6-10,16H,4-5H2. The van der Waals surface area contributed by atoms with E-state index in [4.69, 9.17) is 0 Å². The lowest BCUT2D eigenvalue weighted by Crippen LogP contribution is -1.85. The molecular formula is C14H13NO. The van der Waals surface area contributed by atoms with E-state index >= 15 is 0 Å². The van der Waals surface area contributed by atoms with E-state index in [2.05, 4.69) is 29.2 Å². The van der Waals surface area contributed by atoms with Gasteiger partial charge in [-0.05, 0) is 42.5 Å². The van der Waals surface area contributed by atoms with Crippen LogP contribution in [0, 0.1) is 0 Å². The molecule has 0 atom stereocenters. The lowest BCUT2D eigenvalue weighted by atomic mass is 10.0. The fraction of sp³-hybridized carbons (Fsp3) is 0.214. The monoisotopic (exact) mass is 211 g/mol. The SMILES string of the molecule is Oc1ccc(-c2cccc(C3CC3)c2)nc1. The van der Waals surface area contributed by atoms with Crippen molar-refractivity contribution in [3.05, 3.63) is 48.2 Å². The molecule has 0 saturated heterocycles. The first-order valence-electron chi connectivity index (χ1n) is 5.58. The van der Waals surface area contributed by atoms with Crippen molar-refractivity contribution >= 4 is 0 Å². The van der Waals surface area contributed by atoms with Crippen LogP contribution in [0.4, 0.5) is 0 Å². The molecule has 1 aliphatic carbocycles. The summed E-state index contributed by atoms with van der Waals surface area (Å²) in [7, 11) is 0. The molecule has 0 amide bonds. The smallest absolute Gasteiger partial charge is 0.133 e. The largest absolute Gasteiger partial charge is 0.506 e. The Labute approximate surface area is 94.6 Å². The van der Waals surface area contributed by atoms with E-state index in [0.717, 1.165) is 17.2 Å². The van der Waals surface area contributed by atoms with Crippen molar-refractivity contribution in [2.45, 2.75) is 18.8 Å². The van der Waals surface area contributed by atoms with Crippen molar-refractivity contribution in [1.82, 2.24) is 4.98 Å². The third-order valence-electron chi connectivity index (χ3n) is 2.98. The third-order valence-corrected chi connectivity index (χ3v) is 2.98. The van der Waals surface area contributed by atoms with Crippen LogP contribution in [0.1, 0.15) is 24.3 Å². The van der Waals surface area contributed by atoms with Gasteiger partial charge in [0.1, 0.15) is 5.75 Å². The molecule has 2 heteroatoms. The second-order valence-corrected chi connectivity index (χ2v) is 4.30. The van der Waals surface area contributed by atoms with Crippen molar-refractivity contribution in [1.29, 1.82) is 0 Å². The number of rotatable bonds is 2. The van der Waals surface area contributed by atoms with E-state index in [1.807, 2.05) is 6.07 Å². The minimum atomic E-state index is 0.210. The molecule has 1 aromatic heterocycles. The van der Waals surface area contributed by atoms with Gasteiger partial charge < -0.3 is 5.11 Å². The second-order valence-electron chi connectivity index (χ2n) is 4.30.